The Kier molecular flexibility index (Phi) is 4.32. The van der Waals surface area contributed by atoms with E-state index in [4.69, 9.17) is 9.47 Å². The van der Waals surface area contributed by atoms with Crippen molar-refractivity contribution in [2.24, 2.45) is 0 Å². The van der Waals surface area contributed by atoms with Crippen molar-refractivity contribution in [3.63, 3.8) is 0 Å². The number of hydrogen-bond acceptors (Lipinski definition) is 4. The lowest BCUT2D eigenvalue weighted by Crippen LogP contribution is -2.46. The van der Waals surface area contributed by atoms with Gasteiger partial charge in [-0.15, -0.1) is 0 Å². The molecule has 0 spiro atoms. The van der Waals surface area contributed by atoms with Gasteiger partial charge in [-0.3, -0.25) is 4.79 Å². The van der Waals surface area contributed by atoms with Crippen molar-refractivity contribution in [3.05, 3.63) is 59.7 Å². The molecule has 0 aromatic heterocycles. The molecular weight excluding hydrogens is 316 g/mol. The number of methoxy groups -OCH3 is 1. The van der Waals surface area contributed by atoms with Crippen LogP contribution in [-0.2, 0) is 4.74 Å². The number of para-hydroxylation sites is 1. The average molecular weight is 338 g/mol. The fourth-order valence-electron chi connectivity index (χ4n) is 3.54. The Morgan fingerprint density at radius 1 is 1.20 bits per heavy atom. The number of hydrogen-bond donors (Lipinski definition) is 1. The number of amides is 1. The Bertz CT molecular complexity index is 754. The summed E-state index contributed by atoms with van der Waals surface area (Å²) in [5.74, 6) is 0.850. The number of carbonyl (C=O) groups excluding carboxylic acids is 1. The summed E-state index contributed by atoms with van der Waals surface area (Å²) in [5, 5.41) is 3.51. The maximum Gasteiger partial charge on any atom is 0.257 e. The summed E-state index contributed by atoms with van der Waals surface area (Å²) in [4.78, 5) is 15.0. The van der Waals surface area contributed by atoms with Gasteiger partial charge >= 0.3 is 0 Å². The van der Waals surface area contributed by atoms with Crippen LogP contribution in [0.4, 0.5) is 5.69 Å². The number of rotatable bonds is 4. The minimum Gasteiger partial charge on any atom is -0.497 e. The highest BCUT2D eigenvalue weighted by Gasteiger charge is 2.35. The topological polar surface area (TPSA) is 50.8 Å². The van der Waals surface area contributed by atoms with Crippen LogP contribution in [0.25, 0.3) is 0 Å². The Balaban J connectivity index is 1.68. The summed E-state index contributed by atoms with van der Waals surface area (Å²) in [5.41, 5.74) is 2.61. The second kappa shape index (κ2) is 6.76. The first-order chi connectivity index (χ1) is 12.3. The van der Waals surface area contributed by atoms with Crippen LogP contribution < -0.4 is 10.1 Å². The van der Waals surface area contributed by atoms with E-state index in [1.54, 1.807) is 7.11 Å². The first kappa shape index (κ1) is 16.0. The van der Waals surface area contributed by atoms with Crippen molar-refractivity contribution in [2.75, 3.05) is 25.6 Å². The molecule has 1 amide bonds. The predicted octanol–water partition coefficient (Wildman–Crippen LogP) is 3.44. The highest BCUT2D eigenvalue weighted by Crippen LogP contribution is 2.34. The van der Waals surface area contributed by atoms with Gasteiger partial charge in [-0.2, -0.15) is 0 Å². The van der Waals surface area contributed by atoms with E-state index in [1.807, 2.05) is 53.4 Å². The number of fused-ring (bicyclic) bond motifs is 1. The minimum atomic E-state index is -0.211. The van der Waals surface area contributed by atoms with E-state index in [2.05, 4.69) is 5.32 Å². The molecule has 2 atom stereocenters. The highest BCUT2D eigenvalue weighted by atomic mass is 16.5. The van der Waals surface area contributed by atoms with Crippen molar-refractivity contribution >= 4 is 11.6 Å². The molecule has 5 heteroatoms. The van der Waals surface area contributed by atoms with E-state index in [0.29, 0.717) is 12.1 Å². The summed E-state index contributed by atoms with van der Waals surface area (Å²) in [6, 6.07) is 15.5. The van der Waals surface area contributed by atoms with Gasteiger partial charge in [0.15, 0.2) is 0 Å². The van der Waals surface area contributed by atoms with Crippen molar-refractivity contribution in [1.29, 1.82) is 0 Å². The first-order valence-corrected chi connectivity index (χ1v) is 8.68. The zero-order chi connectivity index (χ0) is 17.2. The van der Waals surface area contributed by atoms with Gasteiger partial charge in [0.1, 0.15) is 11.9 Å². The molecule has 2 heterocycles. The van der Waals surface area contributed by atoms with Crippen LogP contribution >= 0.6 is 0 Å². The van der Waals surface area contributed by atoms with Gasteiger partial charge in [-0.05, 0) is 42.7 Å². The fourth-order valence-corrected chi connectivity index (χ4v) is 3.54. The van der Waals surface area contributed by atoms with E-state index >= 15 is 0 Å². The lowest BCUT2D eigenvalue weighted by Gasteiger charge is -2.39. The largest absolute Gasteiger partial charge is 0.497 e. The molecule has 130 valence electrons. The highest BCUT2D eigenvalue weighted by molar-refractivity contribution is 6.01. The number of benzene rings is 2. The number of carbonyl (C=O) groups is 1. The zero-order valence-corrected chi connectivity index (χ0v) is 14.3. The molecule has 2 aliphatic heterocycles. The maximum atomic E-state index is 13.1. The second-order valence-electron chi connectivity index (χ2n) is 6.46. The fraction of sp³-hybridized carbons (Fsp3) is 0.350. The average Bonchev–Trinajstić information content (AvgIpc) is 3.17. The van der Waals surface area contributed by atoms with Gasteiger partial charge in [-0.25, -0.2) is 0 Å². The van der Waals surface area contributed by atoms with Crippen LogP contribution in [0.2, 0.25) is 0 Å². The maximum absolute atomic E-state index is 13.1. The molecule has 2 aromatic rings. The summed E-state index contributed by atoms with van der Waals surface area (Å²) in [6.07, 6.45) is 1.96. The van der Waals surface area contributed by atoms with Gasteiger partial charge in [0.2, 0.25) is 0 Å². The lowest BCUT2D eigenvalue weighted by atomic mass is 10.0. The van der Waals surface area contributed by atoms with E-state index in [1.165, 1.54) is 0 Å². The minimum absolute atomic E-state index is 0.0469. The van der Waals surface area contributed by atoms with E-state index in [0.717, 1.165) is 36.4 Å². The third kappa shape index (κ3) is 3.07. The molecule has 0 saturated carbocycles. The van der Waals surface area contributed by atoms with Crippen molar-refractivity contribution in [2.45, 2.75) is 25.1 Å². The van der Waals surface area contributed by atoms with Gasteiger partial charge < -0.3 is 19.7 Å². The normalized spacial score (nSPS) is 22.4. The van der Waals surface area contributed by atoms with Gasteiger partial charge in [0, 0.05) is 18.8 Å². The Morgan fingerprint density at radius 2 is 2.00 bits per heavy atom. The third-order valence-electron chi connectivity index (χ3n) is 4.88. The quantitative estimate of drug-likeness (QED) is 0.928. The smallest absolute Gasteiger partial charge is 0.257 e. The van der Waals surface area contributed by atoms with Crippen LogP contribution in [-0.4, -0.2) is 37.2 Å². The second-order valence-corrected chi connectivity index (χ2v) is 6.46. The Hall–Kier alpha value is -2.53. The monoisotopic (exact) mass is 338 g/mol. The molecular formula is C20H22N2O3. The molecule has 1 saturated heterocycles. The lowest BCUT2D eigenvalue weighted by molar-refractivity contribution is 0.0427. The SMILES string of the molecule is COc1ccc(C2Nc3ccccc3C(=O)N2CC2CCCO2)cc1. The summed E-state index contributed by atoms with van der Waals surface area (Å²) in [7, 11) is 1.65. The van der Waals surface area contributed by atoms with Crippen LogP contribution in [0.15, 0.2) is 48.5 Å². The Morgan fingerprint density at radius 3 is 2.72 bits per heavy atom. The predicted molar refractivity (Wildman–Crippen MR) is 95.8 cm³/mol. The Labute approximate surface area is 147 Å². The van der Waals surface area contributed by atoms with Crippen molar-refractivity contribution < 1.29 is 14.3 Å². The molecule has 0 radical (unpaired) electrons. The molecule has 2 aromatic carbocycles. The summed E-state index contributed by atoms with van der Waals surface area (Å²) >= 11 is 0. The number of nitrogens with one attached hydrogen (secondary N) is 1. The van der Waals surface area contributed by atoms with E-state index in [-0.39, 0.29) is 18.2 Å². The van der Waals surface area contributed by atoms with Crippen LogP contribution in [0, 0.1) is 0 Å². The van der Waals surface area contributed by atoms with E-state index in [9.17, 15) is 4.79 Å². The molecule has 2 aliphatic rings. The number of anilines is 1. The number of ether oxygens (including phenoxy) is 2. The van der Waals surface area contributed by atoms with Crippen molar-refractivity contribution in [1.82, 2.24) is 4.90 Å². The van der Waals surface area contributed by atoms with Gasteiger partial charge in [0.05, 0.1) is 18.8 Å². The molecule has 25 heavy (non-hydrogen) atoms. The van der Waals surface area contributed by atoms with Gasteiger partial charge in [-0.1, -0.05) is 24.3 Å². The zero-order valence-electron chi connectivity index (χ0n) is 14.3. The molecule has 0 bridgehead atoms. The molecule has 2 unspecified atom stereocenters. The van der Waals surface area contributed by atoms with Gasteiger partial charge in [0.25, 0.3) is 5.91 Å². The molecule has 1 N–H and O–H groups in total. The number of nitrogens with zero attached hydrogens (tertiary/aromatic N) is 1. The van der Waals surface area contributed by atoms with Crippen LogP contribution in [0.5, 0.6) is 5.75 Å². The van der Waals surface area contributed by atoms with E-state index < -0.39 is 0 Å². The molecule has 1 fully saturated rings. The summed E-state index contributed by atoms with van der Waals surface area (Å²) < 4.78 is 11.0. The first-order valence-electron chi connectivity index (χ1n) is 8.68. The molecule has 4 rings (SSSR count). The van der Waals surface area contributed by atoms with Crippen LogP contribution in [0.3, 0.4) is 0 Å². The third-order valence-corrected chi connectivity index (χ3v) is 4.88. The molecule has 0 aliphatic carbocycles. The van der Waals surface area contributed by atoms with Crippen molar-refractivity contribution in [3.8, 4) is 5.75 Å². The van der Waals surface area contributed by atoms with Crippen LogP contribution in [0.1, 0.15) is 34.9 Å². The standard InChI is InChI=1S/C20H22N2O3/c1-24-15-10-8-14(9-11-15)19-21-18-7-3-2-6-17(18)20(23)22(19)13-16-5-4-12-25-16/h2-3,6-11,16,19,21H,4-5,12-13H2,1H3. The molecule has 5 nitrogen and oxygen atoms in total. The summed E-state index contributed by atoms with van der Waals surface area (Å²) in [6.45, 7) is 1.38.